The third-order valence-electron chi connectivity index (χ3n) is 2.16. The average molecular weight is 169 g/mol. The number of benzene rings is 1. The third-order valence-corrected chi connectivity index (χ3v) is 2.16. The fraction of sp³-hybridized carbons (Fsp3) is 0.250. The van der Waals surface area contributed by atoms with Crippen molar-refractivity contribution in [1.82, 2.24) is 4.98 Å². The molecule has 0 fully saturated rings. The van der Waals surface area contributed by atoms with Gasteiger partial charge in [0, 0.05) is 0 Å². The van der Waals surface area contributed by atoms with E-state index in [1.54, 1.807) is 6.20 Å². The van der Waals surface area contributed by atoms with Crippen LogP contribution in [0.5, 0.6) is 0 Å². The molecule has 0 saturated heterocycles. The fourth-order valence-electron chi connectivity index (χ4n) is 1.33. The lowest BCUT2D eigenvalue weighted by atomic mass is 10.0. The molecule has 1 nitrogen and oxygen atoms in total. The zero-order valence-corrected chi connectivity index (χ0v) is 7.83. The molecule has 2 aromatic rings. The maximum atomic E-state index is 4.24. The van der Waals surface area contributed by atoms with E-state index < -0.39 is 0 Å². The molecule has 0 aliphatic heterocycles. The molecule has 0 N–H and O–H groups in total. The van der Waals surface area contributed by atoms with Crippen molar-refractivity contribution in [2.75, 3.05) is 0 Å². The standard InChI is InChI=1S/C12H11N/c1-9(2)11-6-5-10-4-3-7-13-12(10)8-11/h5-9H,1-2H3. The summed E-state index contributed by atoms with van der Waals surface area (Å²) in [7, 11) is 0. The Hall–Kier alpha value is -1.55. The van der Waals surface area contributed by atoms with Gasteiger partial charge in [-0.3, -0.25) is 0 Å². The van der Waals surface area contributed by atoms with E-state index in [-0.39, 0.29) is 0 Å². The van der Waals surface area contributed by atoms with Crippen LogP contribution in [0.15, 0.2) is 24.4 Å². The Morgan fingerprint density at radius 1 is 1.31 bits per heavy atom. The summed E-state index contributed by atoms with van der Waals surface area (Å²) in [5.74, 6) is 0.551. The highest BCUT2D eigenvalue weighted by atomic mass is 14.6. The van der Waals surface area contributed by atoms with Crippen molar-refractivity contribution in [1.29, 1.82) is 0 Å². The molecule has 0 aliphatic carbocycles. The van der Waals surface area contributed by atoms with Crippen LogP contribution in [0.25, 0.3) is 10.9 Å². The van der Waals surface area contributed by atoms with Gasteiger partial charge in [0.2, 0.25) is 0 Å². The molecule has 0 atom stereocenters. The molecule has 1 heteroatoms. The topological polar surface area (TPSA) is 12.9 Å². The second-order valence-corrected chi connectivity index (χ2v) is 3.46. The van der Waals surface area contributed by atoms with E-state index in [1.807, 2.05) is 6.07 Å². The first kappa shape index (κ1) is 8.07. The smallest absolute Gasteiger partial charge is 0.0796 e. The molecule has 0 aliphatic rings. The van der Waals surface area contributed by atoms with Crippen molar-refractivity contribution in [3.63, 3.8) is 0 Å². The summed E-state index contributed by atoms with van der Waals surface area (Å²) in [4.78, 5) is 4.24. The molecule has 13 heavy (non-hydrogen) atoms. The first-order valence-corrected chi connectivity index (χ1v) is 4.45. The Kier molecular flexibility index (Phi) is 1.90. The maximum Gasteiger partial charge on any atom is 0.0796 e. The summed E-state index contributed by atoms with van der Waals surface area (Å²) in [5.41, 5.74) is 2.32. The highest BCUT2D eigenvalue weighted by Gasteiger charge is 1.99. The molecule has 0 spiro atoms. The SMILES string of the molecule is CC(C)c1ccc2c#ccnc2c1. The van der Waals surface area contributed by atoms with Crippen LogP contribution in [0.1, 0.15) is 25.3 Å². The van der Waals surface area contributed by atoms with Crippen LogP contribution in [-0.2, 0) is 0 Å². The van der Waals surface area contributed by atoms with Gasteiger partial charge in [-0.2, -0.15) is 0 Å². The first-order valence-electron chi connectivity index (χ1n) is 4.45. The Labute approximate surface area is 78.4 Å². The van der Waals surface area contributed by atoms with Gasteiger partial charge in [0.15, 0.2) is 0 Å². The molecule has 1 heterocycles. The monoisotopic (exact) mass is 169 g/mol. The highest BCUT2D eigenvalue weighted by molar-refractivity contribution is 5.77. The lowest BCUT2D eigenvalue weighted by molar-refractivity contribution is 0.868. The summed E-state index contributed by atoms with van der Waals surface area (Å²) in [6.45, 7) is 4.36. The van der Waals surface area contributed by atoms with E-state index in [9.17, 15) is 0 Å². The molecule has 1 aromatic carbocycles. The molecular formula is C12H11N. The molecular weight excluding hydrogens is 158 g/mol. The van der Waals surface area contributed by atoms with Crippen LogP contribution < -0.4 is 0 Å². The van der Waals surface area contributed by atoms with Crippen LogP contribution in [0.3, 0.4) is 0 Å². The van der Waals surface area contributed by atoms with Crippen molar-refractivity contribution < 1.29 is 0 Å². The van der Waals surface area contributed by atoms with Crippen LogP contribution >= 0.6 is 0 Å². The van der Waals surface area contributed by atoms with Gasteiger partial charge in [-0.15, -0.1) is 0 Å². The molecule has 2 rings (SSSR count). The van der Waals surface area contributed by atoms with E-state index >= 15 is 0 Å². The number of aromatic nitrogens is 1. The summed E-state index contributed by atoms with van der Waals surface area (Å²) in [6.07, 6.45) is 1.66. The first-order chi connectivity index (χ1) is 6.27. The van der Waals surface area contributed by atoms with E-state index in [1.165, 1.54) is 5.56 Å². The number of nitrogens with zero attached hydrogens (tertiary/aromatic N) is 1. The zero-order chi connectivity index (χ0) is 9.26. The van der Waals surface area contributed by atoms with Gasteiger partial charge < -0.3 is 0 Å². The van der Waals surface area contributed by atoms with Gasteiger partial charge in [-0.25, -0.2) is 4.98 Å². The highest BCUT2D eigenvalue weighted by Crippen LogP contribution is 2.18. The second kappa shape index (κ2) is 3.06. The van der Waals surface area contributed by atoms with E-state index in [2.05, 4.69) is 43.1 Å². The largest absolute Gasteiger partial charge is 0.247 e. The van der Waals surface area contributed by atoms with Gasteiger partial charge in [0.05, 0.1) is 17.1 Å². The fourth-order valence-corrected chi connectivity index (χ4v) is 1.33. The number of fused-ring (bicyclic) bond motifs is 1. The minimum absolute atomic E-state index is 0.551. The summed E-state index contributed by atoms with van der Waals surface area (Å²) >= 11 is 0. The van der Waals surface area contributed by atoms with Crippen molar-refractivity contribution >= 4 is 10.9 Å². The minimum atomic E-state index is 0.551. The summed E-state index contributed by atoms with van der Waals surface area (Å²) in [6, 6.07) is 12.2. The Bertz CT molecular complexity index is 418. The lowest BCUT2D eigenvalue weighted by Crippen LogP contribution is -1.87. The number of hydrogen-bond acceptors (Lipinski definition) is 1. The van der Waals surface area contributed by atoms with Crippen molar-refractivity contribution in [2.45, 2.75) is 19.8 Å². The minimum Gasteiger partial charge on any atom is -0.247 e. The second-order valence-electron chi connectivity index (χ2n) is 3.46. The molecule has 0 radical (unpaired) electrons. The average Bonchev–Trinajstić information content (AvgIpc) is 2.17. The van der Waals surface area contributed by atoms with Gasteiger partial charge in [-0.1, -0.05) is 26.0 Å². The van der Waals surface area contributed by atoms with Gasteiger partial charge >= 0.3 is 0 Å². The number of rotatable bonds is 1. The summed E-state index contributed by atoms with van der Waals surface area (Å²) < 4.78 is 0. The zero-order valence-electron chi connectivity index (χ0n) is 7.83. The molecule has 1 aromatic heterocycles. The van der Waals surface area contributed by atoms with Crippen LogP contribution in [-0.4, -0.2) is 4.98 Å². The molecule has 0 bridgehead atoms. The van der Waals surface area contributed by atoms with Gasteiger partial charge in [0.25, 0.3) is 0 Å². The van der Waals surface area contributed by atoms with Gasteiger partial charge in [0.1, 0.15) is 0 Å². The normalized spacial score (nSPS) is 10.4. The van der Waals surface area contributed by atoms with Gasteiger partial charge in [-0.05, 0) is 29.7 Å². The lowest BCUT2D eigenvalue weighted by Gasteiger charge is -2.04. The maximum absolute atomic E-state index is 4.24. The van der Waals surface area contributed by atoms with E-state index in [4.69, 9.17) is 0 Å². The van der Waals surface area contributed by atoms with Crippen molar-refractivity contribution in [3.05, 3.63) is 42.1 Å². The van der Waals surface area contributed by atoms with E-state index in [0.29, 0.717) is 5.92 Å². The van der Waals surface area contributed by atoms with Crippen molar-refractivity contribution in [2.24, 2.45) is 0 Å². The molecule has 0 saturated carbocycles. The molecule has 0 unspecified atom stereocenters. The van der Waals surface area contributed by atoms with Crippen LogP contribution in [0.2, 0.25) is 0 Å². The molecule has 0 amide bonds. The predicted octanol–water partition coefficient (Wildman–Crippen LogP) is 2.96. The quantitative estimate of drug-likeness (QED) is 0.639. The van der Waals surface area contributed by atoms with Crippen LogP contribution in [0, 0.1) is 12.1 Å². The predicted molar refractivity (Wildman–Crippen MR) is 53.5 cm³/mol. The third kappa shape index (κ3) is 1.48. The summed E-state index contributed by atoms with van der Waals surface area (Å²) in [5, 5.41) is 1.03. The Balaban J connectivity index is 2.62. The Morgan fingerprint density at radius 3 is 2.92 bits per heavy atom. The number of hydrogen-bond donors (Lipinski definition) is 0. The van der Waals surface area contributed by atoms with E-state index in [0.717, 1.165) is 10.9 Å². The Morgan fingerprint density at radius 2 is 2.15 bits per heavy atom. The molecule has 64 valence electrons. The van der Waals surface area contributed by atoms with Crippen LogP contribution in [0.4, 0.5) is 0 Å². The van der Waals surface area contributed by atoms with Crippen molar-refractivity contribution in [3.8, 4) is 0 Å².